The Morgan fingerprint density at radius 3 is 2.35 bits per heavy atom. The predicted octanol–water partition coefficient (Wildman–Crippen LogP) is 4.47. The predicted molar refractivity (Wildman–Crippen MR) is 76.8 cm³/mol. The molecular weight excluding hydrogens is 230 g/mol. The summed E-state index contributed by atoms with van der Waals surface area (Å²) in [6, 6.07) is 8.65. The number of hydrogen-bond donors (Lipinski definition) is 1. The van der Waals surface area contributed by atoms with Crippen LogP contribution in [0.3, 0.4) is 0 Å². The van der Waals surface area contributed by atoms with E-state index >= 15 is 0 Å². The van der Waals surface area contributed by atoms with Crippen LogP contribution in [0.15, 0.2) is 24.3 Å². The Morgan fingerprint density at radius 2 is 1.82 bits per heavy atom. The molecule has 1 aromatic rings. The highest BCUT2D eigenvalue weighted by Crippen LogP contribution is 2.29. The number of halogens is 1. The van der Waals surface area contributed by atoms with Crippen molar-refractivity contribution in [3.8, 4) is 0 Å². The molecule has 2 unspecified atom stereocenters. The topological polar surface area (TPSA) is 12.0 Å². The highest BCUT2D eigenvalue weighted by atomic mass is 35.5. The molecule has 0 aromatic heterocycles. The van der Waals surface area contributed by atoms with Crippen LogP contribution < -0.4 is 5.32 Å². The van der Waals surface area contributed by atoms with Crippen LogP contribution in [-0.2, 0) is 0 Å². The van der Waals surface area contributed by atoms with E-state index in [1.807, 2.05) is 12.1 Å². The van der Waals surface area contributed by atoms with Crippen molar-refractivity contribution >= 4 is 11.6 Å². The van der Waals surface area contributed by atoms with E-state index in [2.05, 4.69) is 45.1 Å². The summed E-state index contributed by atoms with van der Waals surface area (Å²) in [4.78, 5) is 0. The van der Waals surface area contributed by atoms with E-state index in [9.17, 15) is 0 Å². The van der Waals surface area contributed by atoms with Gasteiger partial charge in [0.2, 0.25) is 0 Å². The molecule has 0 heterocycles. The van der Waals surface area contributed by atoms with Gasteiger partial charge in [0.15, 0.2) is 0 Å². The Bertz CT molecular complexity index is 335. The zero-order valence-corrected chi connectivity index (χ0v) is 12.1. The van der Waals surface area contributed by atoms with Crippen LogP contribution >= 0.6 is 11.6 Å². The number of benzene rings is 1. The van der Waals surface area contributed by atoms with Crippen LogP contribution in [0.5, 0.6) is 0 Å². The number of hydrogen-bond acceptors (Lipinski definition) is 1. The zero-order chi connectivity index (χ0) is 12.8. The van der Waals surface area contributed by atoms with Crippen molar-refractivity contribution in [1.82, 2.24) is 5.32 Å². The minimum atomic E-state index is 0.440. The maximum atomic E-state index is 6.27. The highest BCUT2D eigenvalue weighted by molar-refractivity contribution is 6.31. The first-order chi connectivity index (χ1) is 8.07. The lowest BCUT2D eigenvalue weighted by Gasteiger charge is -2.29. The third-order valence-corrected chi connectivity index (χ3v) is 3.63. The second-order valence-electron chi connectivity index (χ2n) is 5.03. The quantitative estimate of drug-likeness (QED) is 0.789. The Kier molecular flexibility index (Phi) is 6.01. The molecule has 0 aliphatic carbocycles. The molecule has 0 radical (unpaired) electrons. The fourth-order valence-corrected chi connectivity index (χ4v) is 2.65. The van der Waals surface area contributed by atoms with Crippen LogP contribution in [0.2, 0.25) is 5.02 Å². The Labute approximate surface area is 111 Å². The van der Waals surface area contributed by atoms with Crippen molar-refractivity contribution in [3.05, 3.63) is 34.9 Å². The normalized spacial score (nSPS) is 14.9. The number of rotatable bonds is 6. The van der Waals surface area contributed by atoms with E-state index in [1.54, 1.807) is 0 Å². The van der Waals surface area contributed by atoms with Crippen molar-refractivity contribution in [1.29, 1.82) is 0 Å². The molecule has 0 fully saturated rings. The SMILES string of the molecule is CCCNC(C(C)C)C(C)c1ccccc1Cl. The smallest absolute Gasteiger partial charge is 0.0441 e. The highest BCUT2D eigenvalue weighted by Gasteiger charge is 2.22. The largest absolute Gasteiger partial charge is 0.313 e. The van der Waals surface area contributed by atoms with Crippen molar-refractivity contribution in [2.45, 2.75) is 46.1 Å². The second-order valence-corrected chi connectivity index (χ2v) is 5.44. The lowest BCUT2D eigenvalue weighted by atomic mass is 9.86. The van der Waals surface area contributed by atoms with Gasteiger partial charge in [-0.3, -0.25) is 0 Å². The van der Waals surface area contributed by atoms with Crippen LogP contribution in [0, 0.1) is 5.92 Å². The van der Waals surface area contributed by atoms with Gasteiger partial charge < -0.3 is 5.32 Å². The third-order valence-electron chi connectivity index (χ3n) is 3.28. The van der Waals surface area contributed by atoms with E-state index < -0.39 is 0 Å². The van der Waals surface area contributed by atoms with E-state index in [1.165, 1.54) is 12.0 Å². The molecule has 0 amide bonds. The lowest BCUT2D eigenvalue weighted by Crippen LogP contribution is -2.38. The molecule has 2 heteroatoms. The van der Waals surface area contributed by atoms with Crippen LogP contribution in [0.4, 0.5) is 0 Å². The first-order valence-corrected chi connectivity index (χ1v) is 6.93. The molecule has 96 valence electrons. The maximum absolute atomic E-state index is 6.27. The van der Waals surface area contributed by atoms with E-state index in [0.717, 1.165) is 11.6 Å². The summed E-state index contributed by atoms with van der Waals surface area (Å²) in [6.07, 6.45) is 1.17. The summed E-state index contributed by atoms with van der Waals surface area (Å²) >= 11 is 6.27. The van der Waals surface area contributed by atoms with Crippen molar-refractivity contribution in [2.75, 3.05) is 6.54 Å². The van der Waals surface area contributed by atoms with Crippen LogP contribution in [0.25, 0.3) is 0 Å². The van der Waals surface area contributed by atoms with Crippen LogP contribution in [-0.4, -0.2) is 12.6 Å². The monoisotopic (exact) mass is 253 g/mol. The molecule has 2 atom stereocenters. The minimum Gasteiger partial charge on any atom is -0.313 e. The fourth-order valence-electron chi connectivity index (χ4n) is 2.34. The van der Waals surface area contributed by atoms with Gasteiger partial charge in [-0.05, 0) is 36.4 Å². The summed E-state index contributed by atoms with van der Waals surface area (Å²) in [6.45, 7) is 10.1. The molecule has 0 bridgehead atoms. The molecule has 1 rings (SSSR count). The molecule has 0 saturated carbocycles. The van der Waals surface area contributed by atoms with Gasteiger partial charge in [0.25, 0.3) is 0 Å². The summed E-state index contributed by atoms with van der Waals surface area (Å²) < 4.78 is 0. The average molecular weight is 254 g/mol. The van der Waals surface area contributed by atoms with Gasteiger partial charge in [-0.2, -0.15) is 0 Å². The summed E-state index contributed by atoms with van der Waals surface area (Å²) in [7, 11) is 0. The van der Waals surface area contributed by atoms with Gasteiger partial charge in [0, 0.05) is 11.1 Å². The first-order valence-electron chi connectivity index (χ1n) is 6.55. The third kappa shape index (κ3) is 4.01. The van der Waals surface area contributed by atoms with Gasteiger partial charge in [-0.25, -0.2) is 0 Å². The number of nitrogens with one attached hydrogen (secondary N) is 1. The molecular formula is C15H24ClN. The van der Waals surface area contributed by atoms with Gasteiger partial charge in [-0.1, -0.05) is 57.5 Å². The lowest BCUT2D eigenvalue weighted by molar-refractivity contribution is 0.354. The summed E-state index contributed by atoms with van der Waals surface area (Å²) in [5, 5.41) is 4.51. The summed E-state index contributed by atoms with van der Waals surface area (Å²) in [5.41, 5.74) is 1.25. The molecule has 0 aliphatic heterocycles. The standard InChI is InChI=1S/C15H24ClN/c1-5-10-17-15(11(2)3)12(4)13-8-6-7-9-14(13)16/h6-9,11-12,15,17H,5,10H2,1-4H3. The Morgan fingerprint density at radius 1 is 1.18 bits per heavy atom. The first kappa shape index (κ1) is 14.5. The maximum Gasteiger partial charge on any atom is 0.0441 e. The average Bonchev–Trinajstić information content (AvgIpc) is 2.29. The minimum absolute atomic E-state index is 0.440. The van der Waals surface area contributed by atoms with E-state index in [0.29, 0.717) is 17.9 Å². The fraction of sp³-hybridized carbons (Fsp3) is 0.600. The van der Waals surface area contributed by atoms with Gasteiger partial charge >= 0.3 is 0 Å². The van der Waals surface area contributed by atoms with Crippen molar-refractivity contribution in [2.24, 2.45) is 5.92 Å². The van der Waals surface area contributed by atoms with Gasteiger partial charge in [0.05, 0.1) is 0 Å². The van der Waals surface area contributed by atoms with Gasteiger partial charge in [-0.15, -0.1) is 0 Å². The zero-order valence-electron chi connectivity index (χ0n) is 11.3. The van der Waals surface area contributed by atoms with E-state index in [4.69, 9.17) is 11.6 Å². The summed E-state index contributed by atoms with van der Waals surface area (Å²) in [5.74, 6) is 1.04. The molecule has 1 nitrogen and oxygen atoms in total. The Hall–Kier alpha value is -0.530. The van der Waals surface area contributed by atoms with E-state index in [-0.39, 0.29) is 0 Å². The van der Waals surface area contributed by atoms with Crippen molar-refractivity contribution < 1.29 is 0 Å². The molecule has 17 heavy (non-hydrogen) atoms. The second kappa shape index (κ2) is 7.03. The molecule has 1 aromatic carbocycles. The van der Waals surface area contributed by atoms with Crippen molar-refractivity contribution in [3.63, 3.8) is 0 Å². The van der Waals surface area contributed by atoms with Crippen LogP contribution in [0.1, 0.15) is 45.6 Å². The van der Waals surface area contributed by atoms with Gasteiger partial charge in [0.1, 0.15) is 0 Å². The molecule has 1 N–H and O–H groups in total. The molecule has 0 spiro atoms. The molecule has 0 saturated heterocycles. The Balaban J connectivity index is 2.84. The molecule has 0 aliphatic rings.